The second-order valence-electron chi connectivity index (χ2n) is 4.42. The number of benzene rings is 1. The predicted molar refractivity (Wildman–Crippen MR) is 74.7 cm³/mol. The van der Waals surface area contributed by atoms with Gasteiger partial charge >= 0.3 is 0 Å². The van der Waals surface area contributed by atoms with Gasteiger partial charge in [0.05, 0.1) is 5.25 Å². The Hall–Kier alpha value is -0.960. The Morgan fingerprint density at radius 1 is 1.53 bits per heavy atom. The van der Waals surface area contributed by atoms with Gasteiger partial charge < -0.3 is 4.90 Å². The molecule has 1 atom stereocenters. The normalized spacial score (nSPS) is 19.3. The lowest BCUT2D eigenvalue weighted by Crippen LogP contribution is -2.36. The van der Waals surface area contributed by atoms with Gasteiger partial charge in [0.15, 0.2) is 0 Å². The molecular weight excluding hydrogens is 230 g/mol. The lowest BCUT2D eigenvalue weighted by Gasteiger charge is -2.24. The maximum Gasteiger partial charge on any atom is 0.240 e. The van der Waals surface area contributed by atoms with Crippen molar-refractivity contribution in [3.63, 3.8) is 0 Å². The summed E-state index contributed by atoms with van der Waals surface area (Å²) in [5.41, 5.74) is 2.23. The number of anilines is 1. The van der Waals surface area contributed by atoms with Gasteiger partial charge in [-0.15, -0.1) is 11.8 Å². The van der Waals surface area contributed by atoms with Crippen molar-refractivity contribution in [3.8, 4) is 0 Å². The van der Waals surface area contributed by atoms with Crippen LogP contribution >= 0.6 is 11.8 Å². The Kier molecular flexibility index (Phi) is 4.11. The summed E-state index contributed by atoms with van der Waals surface area (Å²) < 4.78 is 0. The zero-order valence-electron chi connectivity index (χ0n) is 10.5. The van der Waals surface area contributed by atoms with E-state index in [-0.39, 0.29) is 11.2 Å². The maximum absolute atomic E-state index is 12.4. The zero-order chi connectivity index (χ0) is 12.3. The number of hydrogen-bond acceptors (Lipinski definition) is 2. The van der Waals surface area contributed by atoms with E-state index in [1.807, 2.05) is 24.0 Å². The Bertz CT molecular complexity index is 399. The van der Waals surface area contributed by atoms with E-state index >= 15 is 0 Å². The fourth-order valence-electron chi connectivity index (χ4n) is 2.21. The molecule has 0 saturated carbocycles. The highest BCUT2D eigenvalue weighted by atomic mass is 32.2. The number of carbonyl (C=O) groups is 1. The van der Waals surface area contributed by atoms with Crippen LogP contribution in [0.1, 0.15) is 25.3 Å². The molecule has 1 aliphatic heterocycles. The molecule has 1 saturated heterocycles. The van der Waals surface area contributed by atoms with E-state index in [2.05, 4.69) is 19.1 Å². The van der Waals surface area contributed by atoms with Crippen LogP contribution < -0.4 is 4.90 Å². The van der Waals surface area contributed by atoms with E-state index in [9.17, 15) is 4.79 Å². The minimum Gasteiger partial charge on any atom is -0.312 e. The summed E-state index contributed by atoms with van der Waals surface area (Å²) in [4.78, 5) is 14.3. The molecule has 0 bridgehead atoms. The van der Waals surface area contributed by atoms with Gasteiger partial charge in [0.1, 0.15) is 0 Å². The van der Waals surface area contributed by atoms with Crippen molar-refractivity contribution in [2.24, 2.45) is 0 Å². The third-order valence-electron chi connectivity index (χ3n) is 3.10. The van der Waals surface area contributed by atoms with E-state index < -0.39 is 0 Å². The first-order chi connectivity index (χ1) is 8.22. The molecule has 1 aromatic rings. The Labute approximate surface area is 107 Å². The molecule has 17 heavy (non-hydrogen) atoms. The average Bonchev–Trinajstić information content (AvgIpc) is 2.83. The van der Waals surface area contributed by atoms with E-state index in [1.165, 1.54) is 12.0 Å². The minimum absolute atomic E-state index is 0.176. The van der Waals surface area contributed by atoms with Crippen molar-refractivity contribution in [2.45, 2.75) is 31.9 Å². The number of nitrogens with zero attached hydrogens (tertiary/aromatic N) is 1. The number of amides is 1. The molecule has 0 N–H and O–H groups in total. The van der Waals surface area contributed by atoms with Crippen molar-refractivity contribution in [3.05, 3.63) is 29.8 Å². The fourth-order valence-corrected chi connectivity index (χ4v) is 3.43. The van der Waals surface area contributed by atoms with Crippen LogP contribution in [0.5, 0.6) is 0 Å². The largest absolute Gasteiger partial charge is 0.312 e. The van der Waals surface area contributed by atoms with Crippen molar-refractivity contribution >= 4 is 23.4 Å². The predicted octanol–water partition coefficient (Wildman–Crippen LogP) is 3.24. The lowest BCUT2D eigenvalue weighted by atomic mass is 10.2. The topological polar surface area (TPSA) is 20.3 Å². The molecule has 0 aliphatic carbocycles. The van der Waals surface area contributed by atoms with Crippen LogP contribution in [0.2, 0.25) is 0 Å². The van der Waals surface area contributed by atoms with Gasteiger partial charge in [0, 0.05) is 12.2 Å². The number of aryl methyl sites for hydroxylation is 1. The number of thioether (sulfide) groups is 1. The molecule has 92 valence electrons. The average molecular weight is 249 g/mol. The second kappa shape index (κ2) is 5.58. The van der Waals surface area contributed by atoms with Crippen molar-refractivity contribution in [2.75, 3.05) is 17.2 Å². The van der Waals surface area contributed by atoms with Crippen molar-refractivity contribution in [1.82, 2.24) is 0 Å². The highest BCUT2D eigenvalue weighted by Crippen LogP contribution is 2.29. The van der Waals surface area contributed by atoms with E-state index in [1.54, 1.807) is 11.8 Å². The highest BCUT2D eigenvalue weighted by molar-refractivity contribution is 8.00. The third kappa shape index (κ3) is 2.83. The molecule has 0 radical (unpaired) electrons. The summed E-state index contributed by atoms with van der Waals surface area (Å²) >= 11 is 1.80. The van der Waals surface area contributed by atoms with Crippen LogP contribution in [0.3, 0.4) is 0 Å². The maximum atomic E-state index is 12.4. The first kappa shape index (κ1) is 12.5. The van der Waals surface area contributed by atoms with Gasteiger partial charge in [-0.05, 0) is 50.1 Å². The number of rotatable bonds is 3. The molecule has 1 fully saturated rings. The second-order valence-corrected chi connectivity index (χ2v) is 5.73. The summed E-state index contributed by atoms with van der Waals surface area (Å²) in [5, 5.41) is 0.176. The highest BCUT2D eigenvalue weighted by Gasteiger charge is 2.27. The summed E-state index contributed by atoms with van der Waals surface area (Å²) in [6.45, 7) is 4.85. The van der Waals surface area contributed by atoms with Gasteiger partial charge in [-0.25, -0.2) is 0 Å². The van der Waals surface area contributed by atoms with Crippen LogP contribution in [0.4, 0.5) is 5.69 Å². The SMILES string of the molecule is CCN(C(=O)C1CCCS1)c1cccc(C)c1. The summed E-state index contributed by atoms with van der Waals surface area (Å²) in [6, 6.07) is 8.18. The van der Waals surface area contributed by atoms with Gasteiger partial charge in [0.2, 0.25) is 5.91 Å². The smallest absolute Gasteiger partial charge is 0.240 e. The third-order valence-corrected chi connectivity index (χ3v) is 4.46. The molecule has 1 aliphatic rings. The first-order valence-electron chi connectivity index (χ1n) is 6.22. The lowest BCUT2D eigenvalue weighted by molar-refractivity contribution is -0.118. The minimum atomic E-state index is 0.176. The quantitative estimate of drug-likeness (QED) is 0.819. The van der Waals surface area contributed by atoms with Crippen LogP contribution in [0.25, 0.3) is 0 Å². The van der Waals surface area contributed by atoms with Gasteiger partial charge in [-0.1, -0.05) is 12.1 Å². The van der Waals surface area contributed by atoms with Crippen molar-refractivity contribution in [1.29, 1.82) is 0 Å². The molecule has 0 aromatic heterocycles. The number of hydrogen-bond donors (Lipinski definition) is 0. The molecule has 3 heteroatoms. The molecular formula is C14H19NOS. The van der Waals surface area contributed by atoms with Crippen LogP contribution in [-0.2, 0) is 4.79 Å². The Balaban J connectivity index is 2.17. The molecule has 0 spiro atoms. The molecule has 2 rings (SSSR count). The Morgan fingerprint density at radius 2 is 2.35 bits per heavy atom. The molecule has 1 amide bonds. The zero-order valence-corrected chi connectivity index (χ0v) is 11.3. The van der Waals surface area contributed by atoms with Gasteiger partial charge in [-0.2, -0.15) is 0 Å². The summed E-state index contributed by atoms with van der Waals surface area (Å²) in [6.07, 6.45) is 2.21. The first-order valence-corrected chi connectivity index (χ1v) is 7.27. The van der Waals surface area contributed by atoms with Gasteiger partial charge in [0.25, 0.3) is 0 Å². The monoisotopic (exact) mass is 249 g/mol. The van der Waals surface area contributed by atoms with Crippen LogP contribution in [-0.4, -0.2) is 23.5 Å². The fraction of sp³-hybridized carbons (Fsp3) is 0.500. The van der Waals surface area contributed by atoms with Crippen LogP contribution in [0.15, 0.2) is 24.3 Å². The van der Waals surface area contributed by atoms with Gasteiger partial charge in [-0.3, -0.25) is 4.79 Å². The number of carbonyl (C=O) groups excluding carboxylic acids is 1. The summed E-state index contributed by atoms with van der Waals surface area (Å²) in [7, 11) is 0. The summed E-state index contributed by atoms with van der Waals surface area (Å²) in [5.74, 6) is 1.41. The van der Waals surface area contributed by atoms with E-state index in [0.717, 1.165) is 24.4 Å². The van der Waals surface area contributed by atoms with E-state index in [0.29, 0.717) is 0 Å². The molecule has 2 nitrogen and oxygen atoms in total. The molecule has 1 aromatic carbocycles. The van der Waals surface area contributed by atoms with Crippen molar-refractivity contribution < 1.29 is 4.79 Å². The molecule has 1 unspecified atom stereocenters. The standard InChI is InChI=1S/C14H19NOS/c1-3-15(12-7-4-6-11(2)10-12)14(16)13-8-5-9-17-13/h4,6-7,10,13H,3,5,8-9H2,1-2H3. The van der Waals surface area contributed by atoms with Crippen LogP contribution in [0, 0.1) is 6.92 Å². The Morgan fingerprint density at radius 3 is 2.94 bits per heavy atom. The van der Waals surface area contributed by atoms with E-state index in [4.69, 9.17) is 0 Å². The molecule has 1 heterocycles.